The van der Waals surface area contributed by atoms with Crippen molar-refractivity contribution in [2.24, 2.45) is 5.73 Å². The van der Waals surface area contributed by atoms with Crippen molar-refractivity contribution >= 4 is 38.4 Å². The Kier molecular flexibility index (Phi) is 4.15. The lowest BCUT2D eigenvalue weighted by atomic mass is 10.2. The SMILES string of the molecule is Cc1ccc(Sc2c(C(N)=O)[nH]c3cc(S(C)(=O)=O)ccc23)cc1. The molecule has 0 spiro atoms. The Labute approximate surface area is 144 Å². The van der Waals surface area contributed by atoms with E-state index >= 15 is 0 Å². The minimum Gasteiger partial charge on any atom is -0.364 e. The van der Waals surface area contributed by atoms with Gasteiger partial charge < -0.3 is 10.7 Å². The van der Waals surface area contributed by atoms with Gasteiger partial charge in [0.2, 0.25) is 0 Å². The van der Waals surface area contributed by atoms with Crippen LogP contribution in [-0.2, 0) is 9.84 Å². The maximum Gasteiger partial charge on any atom is 0.266 e. The second-order valence-corrected chi connectivity index (χ2v) is 8.69. The minimum absolute atomic E-state index is 0.194. The first-order valence-corrected chi connectivity index (χ1v) is 9.86. The lowest BCUT2D eigenvalue weighted by Crippen LogP contribution is -2.12. The molecule has 3 aromatic rings. The molecular weight excluding hydrogens is 344 g/mol. The normalized spacial score (nSPS) is 11.8. The lowest BCUT2D eigenvalue weighted by molar-refractivity contribution is 0.0993. The number of benzene rings is 2. The smallest absolute Gasteiger partial charge is 0.266 e. The van der Waals surface area contributed by atoms with Gasteiger partial charge in [-0.2, -0.15) is 0 Å². The number of hydrogen-bond donors (Lipinski definition) is 2. The van der Waals surface area contributed by atoms with Gasteiger partial charge in [-0.05, 0) is 31.2 Å². The van der Waals surface area contributed by atoms with Crippen LogP contribution in [0.2, 0.25) is 0 Å². The van der Waals surface area contributed by atoms with Crippen molar-refractivity contribution in [1.29, 1.82) is 0 Å². The second kappa shape index (κ2) is 5.99. The molecule has 24 heavy (non-hydrogen) atoms. The average molecular weight is 360 g/mol. The summed E-state index contributed by atoms with van der Waals surface area (Å²) >= 11 is 1.42. The first-order valence-electron chi connectivity index (χ1n) is 7.16. The van der Waals surface area contributed by atoms with Crippen molar-refractivity contribution in [3.63, 3.8) is 0 Å². The van der Waals surface area contributed by atoms with Crippen molar-refractivity contribution < 1.29 is 13.2 Å². The highest BCUT2D eigenvalue weighted by Gasteiger charge is 2.18. The van der Waals surface area contributed by atoms with Gasteiger partial charge in [-0.25, -0.2) is 8.42 Å². The number of aromatic amines is 1. The number of nitrogens with one attached hydrogen (secondary N) is 1. The number of sulfone groups is 1. The van der Waals surface area contributed by atoms with E-state index in [0.717, 1.165) is 22.1 Å². The van der Waals surface area contributed by atoms with Gasteiger partial charge in [-0.15, -0.1) is 0 Å². The number of aryl methyl sites for hydroxylation is 1. The number of amides is 1. The van der Waals surface area contributed by atoms with Crippen LogP contribution in [0.3, 0.4) is 0 Å². The number of rotatable bonds is 4. The summed E-state index contributed by atoms with van der Waals surface area (Å²) in [6.07, 6.45) is 1.15. The highest BCUT2D eigenvalue weighted by Crippen LogP contribution is 2.37. The second-order valence-electron chi connectivity index (χ2n) is 5.59. The van der Waals surface area contributed by atoms with Crippen molar-refractivity contribution in [3.05, 3.63) is 53.7 Å². The fourth-order valence-corrected chi connectivity index (χ4v) is 4.08. The number of primary amides is 1. The van der Waals surface area contributed by atoms with E-state index in [1.807, 2.05) is 31.2 Å². The summed E-state index contributed by atoms with van der Waals surface area (Å²) < 4.78 is 23.4. The highest BCUT2D eigenvalue weighted by molar-refractivity contribution is 7.99. The molecule has 2 aromatic carbocycles. The van der Waals surface area contributed by atoms with Crippen LogP contribution in [0.15, 0.2) is 57.2 Å². The molecule has 1 aromatic heterocycles. The highest BCUT2D eigenvalue weighted by atomic mass is 32.2. The lowest BCUT2D eigenvalue weighted by Gasteiger charge is -2.04. The average Bonchev–Trinajstić information content (AvgIpc) is 2.87. The van der Waals surface area contributed by atoms with Crippen LogP contribution in [0.5, 0.6) is 0 Å². The van der Waals surface area contributed by atoms with Crippen LogP contribution in [0.4, 0.5) is 0 Å². The van der Waals surface area contributed by atoms with Crippen LogP contribution >= 0.6 is 11.8 Å². The van der Waals surface area contributed by atoms with E-state index in [1.54, 1.807) is 6.07 Å². The van der Waals surface area contributed by atoms with E-state index in [0.29, 0.717) is 10.4 Å². The third kappa shape index (κ3) is 3.18. The largest absolute Gasteiger partial charge is 0.364 e. The minimum atomic E-state index is -3.32. The molecule has 5 nitrogen and oxygen atoms in total. The summed E-state index contributed by atoms with van der Waals surface area (Å²) in [5, 5.41) is 0.766. The number of aromatic nitrogens is 1. The molecule has 0 fully saturated rings. The summed E-state index contributed by atoms with van der Waals surface area (Å²) in [6, 6.07) is 12.7. The molecule has 0 saturated heterocycles. The molecular formula is C17H16N2O3S2. The van der Waals surface area contributed by atoms with Crippen LogP contribution in [0, 0.1) is 6.92 Å². The van der Waals surface area contributed by atoms with Crippen LogP contribution in [0.1, 0.15) is 16.1 Å². The molecule has 1 amide bonds. The Bertz CT molecular complexity index is 1040. The Morgan fingerprint density at radius 2 is 1.79 bits per heavy atom. The monoisotopic (exact) mass is 360 g/mol. The van der Waals surface area contributed by atoms with E-state index in [9.17, 15) is 13.2 Å². The van der Waals surface area contributed by atoms with Crippen molar-refractivity contribution in [2.45, 2.75) is 21.6 Å². The number of hydrogen-bond acceptors (Lipinski definition) is 4. The number of carbonyl (C=O) groups is 1. The standard InChI is InChI=1S/C17H16N2O3S2/c1-10-3-5-11(6-4-10)23-16-13-8-7-12(24(2,21)22)9-14(13)19-15(16)17(18)20/h3-9,19H,1-2H3,(H2,18,20). The molecule has 0 atom stereocenters. The van der Waals surface area contributed by atoms with Crippen molar-refractivity contribution in [1.82, 2.24) is 4.98 Å². The molecule has 0 aliphatic heterocycles. The number of H-pyrrole nitrogens is 1. The third-order valence-corrected chi connectivity index (χ3v) is 5.88. The zero-order chi connectivity index (χ0) is 17.5. The fraction of sp³-hybridized carbons (Fsp3) is 0.118. The number of nitrogens with two attached hydrogens (primary N) is 1. The van der Waals surface area contributed by atoms with Gasteiger partial charge in [0.1, 0.15) is 5.69 Å². The third-order valence-electron chi connectivity index (χ3n) is 3.64. The van der Waals surface area contributed by atoms with E-state index in [1.165, 1.54) is 23.9 Å². The maximum atomic E-state index is 11.8. The van der Waals surface area contributed by atoms with Gasteiger partial charge in [0.25, 0.3) is 5.91 Å². The zero-order valence-electron chi connectivity index (χ0n) is 13.2. The topological polar surface area (TPSA) is 93.0 Å². The Balaban J connectivity index is 2.16. The Morgan fingerprint density at radius 3 is 2.38 bits per heavy atom. The van der Waals surface area contributed by atoms with Crippen molar-refractivity contribution in [2.75, 3.05) is 6.26 Å². The summed E-state index contributed by atoms with van der Waals surface area (Å²) in [5.41, 5.74) is 7.47. The summed E-state index contributed by atoms with van der Waals surface area (Å²) in [5.74, 6) is -0.582. The van der Waals surface area contributed by atoms with Gasteiger partial charge in [0.05, 0.1) is 9.79 Å². The zero-order valence-corrected chi connectivity index (χ0v) is 14.8. The molecule has 7 heteroatoms. The summed E-state index contributed by atoms with van der Waals surface area (Å²) in [4.78, 5) is 16.6. The first-order chi connectivity index (χ1) is 11.3. The van der Waals surface area contributed by atoms with E-state index in [4.69, 9.17) is 5.73 Å². The van der Waals surface area contributed by atoms with Crippen LogP contribution < -0.4 is 5.73 Å². The Hall–Kier alpha value is -2.25. The molecule has 0 aliphatic carbocycles. The summed E-state index contributed by atoms with van der Waals surface area (Å²) in [7, 11) is -3.32. The quantitative estimate of drug-likeness (QED) is 0.747. The number of carbonyl (C=O) groups excluding carboxylic acids is 1. The molecule has 1 heterocycles. The molecule has 0 bridgehead atoms. The fourth-order valence-electron chi connectivity index (χ4n) is 2.39. The van der Waals surface area contributed by atoms with Gasteiger partial charge >= 0.3 is 0 Å². The molecule has 3 rings (SSSR count). The van der Waals surface area contributed by atoms with Gasteiger partial charge in [-0.1, -0.05) is 35.5 Å². The van der Waals surface area contributed by atoms with E-state index in [2.05, 4.69) is 4.98 Å². The maximum absolute atomic E-state index is 11.8. The van der Waals surface area contributed by atoms with E-state index in [-0.39, 0.29) is 10.6 Å². The molecule has 124 valence electrons. The molecule has 0 unspecified atom stereocenters. The molecule has 0 radical (unpaired) electrons. The van der Waals surface area contributed by atoms with E-state index < -0.39 is 15.7 Å². The first kappa shape index (κ1) is 16.6. The predicted octanol–water partition coefficient (Wildman–Crippen LogP) is 3.13. The van der Waals surface area contributed by atoms with Crippen LogP contribution in [0.25, 0.3) is 10.9 Å². The molecule has 0 aliphatic rings. The van der Waals surface area contributed by atoms with Crippen LogP contribution in [-0.4, -0.2) is 25.6 Å². The van der Waals surface area contributed by atoms with Gasteiger partial charge in [0.15, 0.2) is 9.84 Å². The van der Waals surface area contributed by atoms with Gasteiger partial charge in [-0.3, -0.25) is 4.79 Å². The van der Waals surface area contributed by atoms with Crippen molar-refractivity contribution in [3.8, 4) is 0 Å². The Morgan fingerprint density at radius 1 is 1.12 bits per heavy atom. The number of fused-ring (bicyclic) bond motifs is 1. The molecule has 0 saturated carbocycles. The molecule has 3 N–H and O–H groups in total. The predicted molar refractivity (Wildman–Crippen MR) is 95.2 cm³/mol. The van der Waals surface area contributed by atoms with Gasteiger partial charge in [0, 0.05) is 22.1 Å². The summed E-state index contributed by atoms with van der Waals surface area (Å²) in [6.45, 7) is 2.00.